The second-order valence-electron chi connectivity index (χ2n) is 7.28. The molecule has 0 aromatic carbocycles. The van der Waals surface area contributed by atoms with Crippen LogP contribution in [0.25, 0.3) is 0 Å². The van der Waals surface area contributed by atoms with E-state index in [9.17, 15) is 0 Å². The summed E-state index contributed by atoms with van der Waals surface area (Å²) in [4.78, 5) is 2.71. The van der Waals surface area contributed by atoms with Gasteiger partial charge in [-0.25, -0.2) is 0 Å². The van der Waals surface area contributed by atoms with Crippen molar-refractivity contribution in [1.82, 2.24) is 10.2 Å². The quantitative estimate of drug-likeness (QED) is 0.669. The van der Waals surface area contributed by atoms with Crippen LogP contribution in [0.3, 0.4) is 0 Å². The smallest absolute Gasteiger partial charge is 0.0472 e. The molecular weight excluding hydrogens is 260 g/mol. The SMILES string of the molecule is CCC(CC)CN(CC)CC1(CNC2CC2)CCOCC1. The van der Waals surface area contributed by atoms with Gasteiger partial charge in [-0.3, -0.25) is 0 Å². The number of nitrogens with one attached hydrogen (secondary N) is 1. The molecule has 0 aromatic rings. The minimum absolute atomic E-state index is 0.447. The summed E-state index contributed by atoms with van der Waals surface area (Å²) in [5.41, 5.74) is 0.447. The Kier molecular flexibility index (Phi) is 6.97. The fourth-order valence-electron chi connectivity index (χ4n) is 3.54. The van der Waals surface area contributed by atoms with Gasteiger partial charge >= 0.3 is 0 Å². The lowest BCUT2D eigenvalue weighted by Crippen LogP contribution is -2.48. The molecule has 2 aliphatic rings. The zero-order chi connectivity index (χ0) is 15.1. The largest absolute Gasteiger partial charge is 0.381 e. The lowest BCUT2D eigenvalue weighted by molar-refractivity contribution is -0.00622. The van der Waals surface area contributed by atoms with Crippen molar-refractivity contribution in [2.75, 3.05) is 39.4 Å². The summed E-state index contributed by atoms with van der Waals surface area (Å²) < 4.78 is 5.64. The number of rotatable bonds is 10. The standard InChI is InChI=1S/C18H36N2O/c1-4-16(5-2)13-20(6-3)15-18(9-11-21-12-10-18)14-19-17-7-8-17/h16-17,19H,4-15H2,1-3H3. The maximum Gasteiger partial charge on any atom is 0.0472 e. The van der Waals surface area contributed by atoms with Crippen LogP contribution in [0.4, 0.5) is 0 Å². The summed E-state index contributed by atoms with van der Waals surface area (Å²) in [5.74, 6) is 0.859. The molecule has 3 heteroatoms. The van der Waals surface area contributed by atoms with Crippen LogP contribution in [-0.4, -0.2) is 50.3 Å². The van der Waals surface area contributed by atoms with Gasteiger partial charge in [-0.05, 0) is 43.6 Å². The Balaban J connectivity index is 1.90. The average molecular weight is 296 g/mol. The van der Waals surface area contributed by atoms with Crippen molar-refractivity contribution in [3.63, 3.8) is 0 Å². The van der Waals surface area contributed by atoms with E-state index in [1.54, 1.807) is 0 Å². The Hall–Kier alpha value is -0.120. The summed E-state index contributed by atoms with van der Waals surface area (Å²) in [5, 5.41) is 3.80. The Morgan fingerprint density at radius 3 is 2.33 bits per heavy atom. The van der Waals surface area contributed by atoms with E-state index in [0.717, 1.165) is 25.2 Å². The van der Waals surface area contributed by atoms with Crippen LogP contribution in [0.15, 0.2) is 0 Å². The summed E-state index contributed by atoms with van der Waals surface area (Å²) in [6.45, 7) is 13.8. The third-order valence-corrected chi connectivity index (χ3v) is 5.57. The van der Waals surface area contributed by atoms with Crippen LogP contribution in [0, 0.1) is 11.3 Å². The van der Waals surface area contributed by atoms with Gasteiger partial charge in [0, 0.05) is 38.9 Å². The topological polar surface area (TPSA) is 24.5 Å². The van der Waals surface area contributed by atoms with Gasteiger partial charge in [-0.1, -0.05) is 33.6 Å². The average Bonchev–Trinajstić information content (AvgIpc) is 3.35. The van der Waals surface area contributed by atoms with Gasteiger partial charge in [0.1, 0.15) is 0 Å². The fraction of sp³-hybridized carbons (Fsp3) is 1.00. The minimum Gasteiger partial charge on any atom is -0.381 e. The maximum absolute atomic E-state index is 5.64. The Labute approximate surface area is 131 Å². The van der Waals surface area contributed by atoms with Gasteiger partial charge in [0.05, 0.1) is 0 Å². The lowest BCUT2D eigenvalue weighted by Gasteiger charge is -2.42. The van der Waals surface area contributed by atoms with E-state index < -0.39 is 0 Å². The summed E-state index contributed by atoms with van der Waals surface area (Å²) in [6, 6.07) is 0.818. The molecule has 0 atom stereocenters. The first-order valence-corrected chi connectivity index (χ1v) is 9.25. The van der Waals surface area contributed by atoms with E-state index in [-0.39, 0.29) is 0 Å². The van der Waals surface area contributed by atoms with Crippen LogP contribution < -0.4 is 5.32 Å². The number of hydrogen-bond donors (Lipinski definition) is 1. The maximum atomic E-state index is 5.64. The van der Waals surface area contributed by atoms with Gasteiger partial charge in [0.25, 0.3) is 0 Å². The molecule has 0 radical (unpaired) electrons. The molecule has 1 heterocycles. The zero-order valence-corrected chi connectivity index (χ0v) is 14.5. The lowest BCUT2D eigenvalue weighted by atomic mass is 9.79. The fourth-order valence-corrected chi connectivity index (χ4v) is 3.54. The Bertz CT molecular complexity index is 281. The Morgan fingerprint density at radius 2 is 1.81 bits per heavy atom. The molecule has 124 valence electrons. The number of nitrogens with zero attached hydrogens (tertiary/aromatic N) is 1. The van der Waals surface area contributed by atoms with Gasteiger partial charge in [0.2, 0.25) is 0 Å². The van der Waals surface area contributed by atoms with E-state index in [0.29, 0.717) is 5.41 Å². The van der Waals surface area contributed by atoms with Crippen molar-refractivity contribution in [2.45, 2.75) is 65.3 Å². The predicted octanol–water partition coefficient (Wildman–Crippen LogP) is 3.29. The molecule has 0 bridgehead atoms. The summed E-state index contributed by atoms with van der Waals surface area (Å²) in [6.07, 6.45) is 7.85. The van der Waals surface area contributed by atoms with E-state index in [1.807, 2.05) is 0 Å². The van der Waals surface area contributed by atoms with E-state index in [4.69, 9.17) is 4.74 Å². The second kappa shape index (κ2) is 8.50. The molecule has 1 saturated heterocycles. The molecule has 21 heavy (non-hydrogen) atoms. The van der Waals surface area contributed by atoms with Crippen LogP contribution >= 0.6 is 0 Å². The van der Waals surface area contributed by atoms with Crippen molar-refractivity contribution < 1.29 is 4.74 Å². The van der Waals surface area contributed by atoms with E-state index >= 15 is 0 Å². The summed E-state index contributed by atoms with van der Waals surface area (Å²) >= 11 is 0. The van der Waals surface area contributed by atoms with Crippen LogP contribution in [0.5, 0.6) is 0 Å². The third-order valence-electron chi connectivity index (χ3n) is 5.57. The normalized spacial score (nSPS) is 22.1. The first-order valence-electron chi connectivity index (χ1n) is 9.25. The number of hydrogen-bond acceptors (Lipinski definition) is 3. The molecular formula is C18H36N2O. The molecule has 1 aliphatic carbocycles. The third kappa shape index (κ3) is 5.54. The molecule has 0 aromatic heterocycles. The highest BCUT2D eigenvalue weighted by Crippen LogP contribution is 2.33. The zero-order valence-electron chi connectivity index (χ0n) is 14.5. The molecule has 2 fully saturated rings. The predicted molar refractivity (Wildman–Crippen MR) is 89.7 cm³/mol. The van der Waals surface area contributed by atoms with Gasteiger partial charge in [-0.15, -0.1) is 0 Å². The highest BCUT2D eigenvalue weighted by molar-refractivity contribution is 4.91. The Morgan fingerprint density at radius 1 is 1.14 bits per heavy atom. The van der Waals surface area contributed by atoms with Crippen molar-refractivity contribution >= 4 is 0 Å². The van der Waals surface area contributed by atoms with E-state index in [1.165, 1.54) is 64.7 Å². The van der Waals surface area contributed by atoms with Gasteiger partial charge < -0.3 is 15.0 Å². The first-order chi connectivity index (χ1) is 10.2. The molecule has 1 saturated carbocycles. The first kappa shape index (κ1) is 17.2. The van der Waals surface area contributed by atoms with Crippen molar-refractivity contribution in [3.8, 4) is 0 Å². The molecule has 1 N–H and O–H groups in total. The molecule has 3 nitrogen and oxygen atoms in total. The molecule has 0 unspecified atom stereocenters. The van der Waals surface area contributed by atoms with Crippen molar-refractivity contribution in [1.29, 1.82) is 0 Å². The second-order valence-corrected chi connectivity index (χ2v) is 7.28. The minimum atomic E-state index is 0.447. The van der Waals surface area contributed by atoms with Crippen LogP contribution in [0.2, 0.25) is 0 Å². The highest BCUT2D eigenvalue weighted by atomic mass is 16.5. The number of ether oxygens (including phenoxy) is 1. The summed E-state index contributed by atoms with van der Waals surface area (Å²) in [7, 11) is 0. The molecule has 1 aliphatic heterocycles. The van der Waals surface area contributed by atoms with Crippen molar-refractivity contribution in [3.05, 3.63) is 0 Å². The van der Waals surface area contributed by atoms with Gasteiger partial charge in [0.15, 0.2) is 0 Å². The van der Waals surface area contributed by atoms with Crippen molar-refractivity contribution in [2.24, 2.45) is 11.3 Å². The van der Waals surface area contributed by atoms with Gasteiger partial charge in [-0.2, -0.15) is 0 Å². The monoisotopic (exact) mass is 296 g/mol. The molecule has 0 amide bonds. The van der Waals surface area contributed by atoms with E-state index in [2.05, 4.69) is 31.0 Å². The van der Waals surface area contributed by atoms with Crippen LogP contribution in [-0.2, 0) is 4.74 Å². The molecule has 2 rings (SSSR count). The highest BCUT2D eigenvalue weighted by Gasteiger charge is 2.36. The molecule has 0 spiro atoms. The van der Waals surface area contributed by atoms with Crippen LogP contribution in [0.1, 0.15) is 59.3 Å².